The van der Waals surface area contributed by atoms with Crippen LogP contribution in [0.1, 0.15) is 25.1 Å². The summed E-state index contributed by atoms with van der Waals surface area (Å²) in [6.07, 6.45) is 3.53. The number of anilines is 1. The molecule has 0 fully saturated rings. The fraction of sp³-hybridized carbons (Fsp3) is 0.176. The normalized spacial score (nSPS) is 12.4. The van der Waals surface area contributed by atoms with Crippen molar-refractivity contribution >= 4 is 28.3 Å². The highest BCUT2D eigenvalue weighted by atomic mass is 32.1. The lowest BCUT2D eigenvalue weighted by molar-refractivity contribution is 0.823. The molecule has 0 aliphatic heterocycles. The summed E-state index contributed by atoms with van der Waals surface area (Å²) in [6.45, 7) is 4.05. The molecule has 6 nitrogen and oxygen atoms in total. The first kappa shape index (κ1) is 14.8. The highest BCUT2D eigenvalue weighted by molar-refractivity contribution is 7.09. The number of nitrogens with zero attached hydrogens (tertiary/aromatic N) is 5. The van der Waals surface area contributed by atoms with Crippen LogP contribution in [0.5, 0.6) is 0 Å². The molecule has 0 amide bonds. The molecule has 1 unspecified atom stereocenters. The monoisotopic (exact) mass is 338 g/mol. The number of fused-ring (bicyclic) bond motifs is 1. The van der Waals surface area contributed by atoms with Crippen molar-refractivity contribution < 1.29 is 1.43 Å². The van der Waals surface area contributed by atoms with Gasteiger partial charge in [0.1, 0.15) is 12.1 Å². The van der Waals surface area contributed by atoms with Gasteiger partial charge in [0.15, 0.2) is 0 Å². The van der Waals surface area contributed by atoms with Gasteiger partial charge in [-0.05, 0) is 32.0 Å². The van der Waals surface area contributed by atoms with E-state index in [1.807, 2.05) is 41.8 Å². The third-order valence-electron chi connectivity index (χ3n) is 3.77. The van der Waals surface area contributed by atoms with Crippen molar-refractivity contribution in [3.63, 3.8) is 0 Å². The Morgan fingerprint density at radius 1 is 1.17 bits per heavy atom. The molecule has 4 rings (SSSR count). The van der Waals surface area contributed by atoms with Crippen molar-refractivity contribution in [3.05, 3.63) is 58.9 Å². The minimum Gasteiger partial charge on any atom is -0.346 e. The highest BCUT2D eigenvalue weighted by Gasteiger charge is 2.11. The number of benzene rings is 1. The van der Waals surface area contributed by atoms with Crippen molar-refractivity contribution in [2.75, 3.05) is 5.32 Å². The molecule has 0 aliphatic rings. The summed E-state index contributed by atoms with van der Waals surface area (Å²) in [5.41, 5.74) is 2.96. The maximum Gasteiger partial charge on any atom is 0.225 e. The smallest absolute Gasteiger partial charge is 0.225 e. The molecule has 0 saturated heterocycles. The second-order valence-corrected chi connectivity index (χ2v) is 6.56. The van der Waals surface area contributed by atoms with Gasteiger partial charge in [0.05, 0.1) is 27.8 Å². The number of hydrogen-bond donors (Lipinski definition) is 1. The van der Waals surface area contributed by atoms with Crippen LogP contribution in [-0.2, 0) is 0 Å². The number of nitrogens with one attached hydrogen (secondary N) is 1. The molecule has 0 spiro atoms. The van der Waals surface area contributed by atoms with Gasteiger partial charge < -0.3 is 5.32 Å². The van der Waals surface area contributed by atoms with Crippen LogP contribution in [0.4, 0.5) is 5.95 Å². The molecule has 3 aromatic heterocycles. The second-order valence-electron chi connectivity index (χ2n) is 5.50. The van der Waals surface area contributed by atoms with E-state index in [2.05, 4.69) is 37.6 Å². The fourth-order valence-corrected chi connectivity index (χ4v) is 3.25. The van der Waals surface area contributed by atoms with Crippen LogP contribution in [-0.4, -0.2) is 24.5 Å². The van der Waals surface area contributed by atoms with Gasteiger partial charge in [0.2, 0.25) is 5.95 Å². The summed E-state index contributed by atoms with van der Waals surface area (Å²) < 4.78 is 1.96. The van der Waals surface area contributed by atoms with E-state index in [0.717, 1.165) is 27.6 Å². The zero-order valence-electron chi connectivity index (χ0n) is 13.3. The first-order valence-electron chi connectivity index (χ1n) is 7.65. The summed E-state index contributed by atoms with van der Waals surface area (Å²) in [5.74, 6) is 1.35. The largest absolute Gasteiger partial charge is 0.346 e. The Morgan fingerprint density at radius 2 is 2.04 bits per heavy atom. The highest BCUT2D eigenvalue weighted by Crippen LogP contribution is 2.20. The molecule has 24 heavy (non-hydrogen) atoms. The predicted molar refractivity (Wildman–Crippen MR) is 97.7 cm³/mol. The molecule has 1 aromatic carbocycles. The first-order valence-corrected chi connectivity index (χ1v) is 8.53. The van der Waals surface area contributed by atoms with Crippen LogP contribution in [0.3, 0.4) is 0 Å². The number of para-hydroxylation sites is 2. The van der Waals surface area contributed by atoms with E-state index in [-0.39, 0.29) is 7.47 Å². The lowest BCUT2D eigenvalue weighted by Crippen LogP contribution is -2.11. The SMILES string of the molecule is Cc1nc(C(C)Nc2nccc(-n3cnc4ccccc43)n2)cs1.[HH]. The Morgan fingerprint density at radius 3 is 2.88 bits per heavy atom. The molecule has 0 saturated carbocycles. The Balaban J connectivity index is 0.00000182. The van der Waals surface area contributed by atoms with Gasteiger partial charge in [-0.25, -0.2) is 15.0 Å². The van der Waals surface area contributed by atoms with E-state index in [9.17, 15) is 0 Å². The summed E-state index contributed by atoms with van der Waals surface area (Å²) >= 11 is 1.64. The van der Waals surface area contributed by atoms with Gasteiger partial charge in [-0.1, -0.05) is 12.1 Å². The van der Waals surface area contributed by atoms with E-state index >= 15 is 0 Å². The maximum absolute atomic E-state index is 4.61. The number of aromatic nitrogens is 5. The van der Waals surface area contributed by atoms with Gasteiger partial charge in [-0.15, -0.1) is 11.3 Å². The van der Waals surface area contributed by atoms with Crippen molar-refractivity contribution in [2.45, 2.75) is 19.9 Å². The minimum atomic E-state index is 0. The molecule has 4 aromatic rings. The van der Waals surface area contributed by atoms with Crippen molar-refractivity contribution in [1.29, 1.82) is 0 Å². The lowest BCUT2D eigenvalue weighted by atomic mass is 10.3. The van der Waals surface area contributed by atoms with Crippen LogP contribution >= 0.6 is 11.3 Å². The maximum atomic E-state index is 4.61. The van der Waals surface area contributed by atoms with Crippen LogP contribution < -0.4 is 5.32 Å². The number of rotatable bonds is 4. The zero-order chi connectivity index (χ0) is 16.5. The predicted octanol–water partition coefficient (Wildman–Crippen LogP) is 4.00. The van der Waals surface area contributed by atoms with E-state index in [4.69, 9.17) is 0 Å². The number of hydrogen-bond acceptors (Lipinski definition) is 6. The summed E-state index contributed by atoms with van der Waals surface area (Å²) in [5, 5.41) is 6.42. The van der Waals surface area contributed by atoms with E-state index < -0.39 is 0 Å². The molecule has 0 bridgehead atoms. The minimum absolute atomic E-state index is 0. The standard InChI is InChI=1S/C17H16N6S.H2/c1-11(14-9-24-12(2)21-14)20-17-18-8-7-16(22-17)23-10-19-13-5-3-4-6-15(13)23;/h3-11H,1-2H3,(H,18,20,22);1H. The Kier molecular flexibility index (Phi) is 3.70. The van der Waals surface area contributed by atoms with Crippen LogP contribution in [0.2, 0.25) is 0 Å². The van der Waals surface area contributed by atoms with Crippen LogP contribution in [0, 0.1) is 6.92 Å². The molecule has 0 radical (unpaired) electrons. The lowest BCUT2D eigenvalue weighted by Gasteiger charge is -2.12. The molecular formula is C17H18N6S. The third kappa shape index (κ3) is 2.74. The molecule has 7 heteroatoms. The topological polar surface area (TPSA) is 68.5 Å². The third-order valence-corrected chi connectivity index (χ3v) is 4.56. The fourth-order valence-electron chi connectivity index (χ4n) is 2.54. The van der Waals surface area contributed by atoms with E-state index in [0.29, 0.717) is 5.95 Å². The zero-order valence-corrected chi connectivity index (χ0v) is 14.2. The average molecular weight is 338 g/mol. The van der Waals surface area contributed by atoms with Gasteiger partial charge in [0.25, 0.3) is 0 Å². The molecule has 122 valence electrons. The number of aryl methyl sites for hydroxylation is 1. The summed E-state index contributed by atoms with van der Waals surface area (Å²) in [4.78, 5) is 17.9. The Hall–Kier alpha value is -2.80. The van der Waals surface area contributed by atoms with Crippen molar-refractivity contribution in [1.82, 2.24) is 24.5 Å². The first-order chi connectivity index (χ1) is 11.7. The summed E-state index contributed by atoms with van der Waals surface area (Å²) in [7, 11) is 0. The van der Waals surface area contributed by atoms with Crippen molar-refractivity contribution in [2.24, 2.45) is 0 Å². The number of imidazole rings is 1. The van der Waals surface area contributed by atoms with Crippen molar-refractivity contribution in [3.8, 4) is 5.82 Å². The molecular weight excluding hydrogens is 320 g/mol. The van der Waals surface area contributed by atoms with Gasteiger partial charge >= 0.3 is 0 Å². The molecule has 0 aliphatic carbocycles. The van der Waals surface area contributed by atoms with Crippen LogP contribution in [0.15, 0.2) is 48.2 Å². The quantitative estimate of drug-likeness (QED) is 0.609. The Bertz CT molecular complexity index is 995. The van der Waals surface area contributed by atoms with Gasteiger partial charge in [-0.2, -0.15) is 4.98 Å². The Labute approximate surface area is 144 Å². The molecule has 1 atom stereocenters. The number of thiazole rings is 1. The average Bonchev–Trinajstić information content (AvgIpc) is 3.21. The van der Waals surface area contributed by atoms with Gasteiger partial charge in [0, 0.05) is 13.0 Å². The summed E-state index contributed by atoms with van der Waals surface area (Å²) in [6, 6.07) is 9.90. The second kappa shape index (κ2) is 6.01. The molecule has 3 heterocycles. The van der Waals surface area contributed by atoms with E-state index in [1.54, 1.807) is 23.9 Å². The van der Waals surface area contributed by atoms with Gasteiger partial charge in [-0.3, -0.25) is 4.57 Å². The van der Waals surface area contributed by atoms with E-state index in [1.165, 1.54) is 0 Å². The molecule has 1 N–H and O–H groups in total. The van der Waals surface area contributed by atoms with Crippen LogP contribution in [0.25, 0.3) is 16.9 Å².